The van der Waals surface area contributed by atoms with Crippen LogP contribution in [0.15, 0.2) is 22.7 Å². The third kappa shape index (κ3) is 3.79. The molecule has 1 aromatic carbocycles. The predicted octanol–water partition coefficient (Wildman–Crippen LogP) is 4.71. The van der Waals surface area contributed by atoms with Crippen LogP contribution in [0.4, 0.5) is 4.39 Å². The molecule has 1 nitrogen and oxygen atoms in total. The van der Waals surface area contributed by atoms with Crippen LogP contribution in [-0.4, -0.2) is 10.7 Å². The van der Waals surface area contributed by atoms with Crippen molar-refractivity contribution in [2.45, 2.75) is 51.6 Å². The van der Waals surface area contributed by atoms with Crippen LogP contribution in [0.5, 0.6) is 0 Å². The maximum Gasteiger partial charge on any atom is 0.127 e. The molecular weight excluding hydrogens is 307 g/mol. The fourth-order valence-corrected chi connectivity index (χ4v) is 3.37. The van der Waals surface area contributed by atoms with Crippen LogP contribution >= 0.6 is 15.9 Å². The number of aliphatic hydroxyl groups is 1. The quantitative estimate of drug-likeness (QED) is 0.852. The third-order valence-electron chi connectivity index (χ3n) is 4.44. The number of hydrogen-bond donors (Lipinski definition) is 1. The summed E-state index contributed by atoms with van der Waals surface area (Å²) in [6.07, 6.45) is 4.09. The van der Waals surface area contributed by atoms with Gasteiger partial charge < -0.3 is 5.11 Å². The van der Waals surface area contributed by atoms with Crippen LogP contribution < -0.4 is 0 Å². The summed E-state index contributed by atoms with van der Waals surface area (Å²) < 4.78 is 14.6. The molecular formula is C16H22BrFO. The van der Waals surface area contributed by atoms with E-state index in [2.05, 4.69) is 29.8 Å². The molecule has 0 saturated heterocycles. The molecule has 0 aliphatic heterocycles. The third-order valence-corrected chi connectivity index (χ3v) is 4.93. The lowest BCUT2D eigenvalue weighted by Crippen LogP contribution is -2.37. The van der Waals surface area contributed by atoms with Gasteiger partial charge in [0.2, 0.25) is 0 Å². The van der Waals surface area contributed by atoms with Gasteiger partial charge in [0.1, 0.15) is 5.82 Å². The highest BCUT2D eigenvalue weighted by molar-refractivity contribution is 9.10. The summed E-state index contributed by atoms with van der Waals surface area (Å²) in [6, 6.07) is 5.08. The largest absolute Gasteiger partial charge is 0.390 e. The first-order valence-electron chi connectivity index (χ1n) is 7.06. The Hall–Kier alpha value is -0.410. The highest BCUT2D eigenvalue weighted by Gasteiger charge is 2.34. The molecule has 0 heterocycles. The minimum absolute atomic E-state index is 0.228. The van der Waals surface area contributed by atoms with Crippen LogP contribution in [-0.2, 0) is 6.42 Å². The van der Waals surface area contributed by atoms with Gasteiger partial charge in [0.15, 0.2) is 0 Å². The summed E-state index contributed by atoms with van der Waals surface area (Å²) >= 11 is 3.26. The second-order valence-corrected chi connectivity index (χ2v) is 7.13. The monoisotopic (exact) mass is 328 g/mol. The summed E-state index contributed by atoms with van der Waals surface area (Å²) in [6.45, 7) is 4.48. The minimum atomic E-state index is -0.722. The predicted molar refractivity (Wildman–Crippen MR) is 79.5 cm³/mol. The molecule has 0 atom stereocenters. The first kappa shape index (κ1) is 15.0. The highest BCUT2D eigenvalue weighted by atomic mass is 79.9. The molecule has 19 heavy (non-hydrogen) atoms. The van der Waals surface area contributed by atoms with Crippen molar-refractivity contribution in [1.29, 1.82) is 0 Å². The molecule has 0 aromatic heterocycles. The number of rotatable bonds is 3. The van der Waals surface area contributed by atoms with E-state index in [4.69, 9.17) is 0 Å². The van der Waals surface area contributed by atoms with Crippen LogP contribution in [0.25, 0.3) is 0 Å². The summed E-state index contributed by atoms with van der Waals surface area (Å²) in [4.78, 5) is 0. The first-order valence-corrected chi connectivity index (χ1v) is 7.85. The topological polar surface area (TPSA) is 20.2 Å². The zero-order chi connectivity index (χ0) is 14.0. The van der Waals surface area contributed by atoms with Gasteiger partial charge in [-0.15, -0.1) is 0 Å². The van der Waals surface area contributed by atoms with Crippen LogP contribution in [0, 0.1) is 17.7 Å². The van der Waals surface area contributed by atoms with E-state index in [1.54, 1.807) is 6.07 Å². The van der Waals surface area contributed by atoms with E-state index in [0.29, 0.717) is 23.8 Å². The molecule has 1 aromatic rings. The Bertz CT molecular complexity index is 436. The molecule has 2 rings (SSSR count). The molecule has 3 heteroatoms. The molecule has 106 valence electrons. The zero-order valence-corrected chi connectivity index (χ0v) is 13.2. The van der Waals surface area contributed by atoms with E-state index in [1.165, 1.54) is 6.07 Å². The lowest BCUT2D eigenvalue weighted by atomic mass is 9.72. The Kier molecular flexibility index (Phi) is 4.67. The number of halogens is 2. The standard InChI is InChI=1S/C16H22BrFO/c1-11(2)12-5-7-16(19,8-6-12)10-13-3-4-14(17)9-15(13)18/h3-4,9,11-12,19H,5-8,10H2,1-2H3. The molecule has 1 fully saturated rings. The Morgan fingerprint density at radius 2 is 2.00 bits per heavy atom. The summed E-state index contributed by atoms with van der Waals surface area (Å²) in [7, 11) is 0. The molecule has 1 saturated carbocycles. The van der Waals surface area contributed by atoms with Crippen molar-refractivity contribution in [3.63, 3.8) is 0 Å². The van der Waals surface area contributed by atoms with Crippen LogP contribution in [0.3, 0.4) is 0 Å². The van der Waals surface area contributed by atoms with Gasteiger partial charge in [-0.05, 0) is 55.2 Å². The average Bonchev–Trinajstić information content (AvgIpc) is 2.33. The van der Waals surface area contributed by atoms with E-state index in [9.17, 15) is 9.50 Å². The van der Waals surface area contributed by atoms with E-state index in [0.717, 1.165) is 30.2 Å². The molecule has 1 N–H and O–H groups in total. The van der Waals surface area contributed by atoms with E-state index < -0.39 is 5.60 Å². The molecule has 1 aliphatic rings. The van der Waals surface area contributed by atoms with E-state index >= 15 is 0 Å². The minimum Gasteiger partial charge on any atom is -0.390 e. The van der Waals surface area contributed by atoms with Crippen molar-refractivity contribution in [3.8, 4) is 0 Å². The maximum atomic E-state index is 13.8. The van der Waals surface area contributed by atoms with Crippen molar-refractivity contribution in [2.24, 2.45) is 11.8 Å². The van der Waals surface area contributed by atoms with Gasteiger partial charge in [-0.2, -0.15) is 0 Å². The Balaban J connectivity index is 2.03. The lowest BCUT2D eigenvalue weighted by molar-refractivity contribution is -0.0152. The Morgan fingerprint density at radius 3 is 2.53 bits per heavy atom. The molecule has 0 radical (unpaired) electrons. The average molecular weight is 329 g/mol. The van der Waals surface area contributed by atoms with Crippen molar-refractivity contribution < 1.29 is 9.50 Å². The molecule has 0 amide bonds. The maximum absolute atomic E-state index is 13.8. The second kappa shape index (κ2) is 5.92. The molecule has 1 aliphatic carbocycles. The molecule has 0 unspecified atom stereocenters. The fraction of sp³-hybridized carbons (Fsp3) is 0.625. The van der Waals surface area contributed by atoms with E-state index in [1.807, 2.05) is 6.07 Å². The second-order valence-electron chi connectivity index (χ2n) is 6.22. The van der Waals surface area contributed by atoms with E-state index in [-0.39, 0.29) is 5.82 Å². The lowest BCUT2D eigenvalue weighted by Gasteiger charge is -2.37. The van der Waals surface area contributed by atoms with Gasteiger partial charge in [-0.25, -0.2) is 4.39 Å². The smallest absolute Gasteiger partial charge is 0.127 e. The van der Waals surface area contributed by atoms with Crippen molar-refractivity contribution in [1.82, 2.24) is 0 Å². The van der Waals surface area contributed by atoms with Gasteiger partial charge in [0.25, 0.3) is 0 Å². The van der Waals surface area contributed by atoms with Gasteiger partial charge in [-0.3, -0.25) is 0 Å². The summed E-state index contributed by atoms with van der Waals surface area (Å²) in [5.41, 5.74) is -0.103. The number of benzene rings is 1. The SMILES string of the molecule is CC(C)C1CCC(O)(Cc2ccc(Br)cc2F)CC1. The summed E-state index contributed by atoms with van der Waals surface area (Å²) in [5.74, 6) is 1.15. The van der Waals surface area contributed by atoms with Crippen LogP contribution in [0.1, 0.15) is 45.1 Å². The number of hydrogen-bond acceptors (Lipinski definition) is 1. The van der Waals surface area contributed by atoms with Gasteiger partial charge in [0, 0.05) is 10.9 Å². The van der Waals surface area contributed by atoms with Gasteiger partial charge in [-0.1, -0.05) is 35.8 Å². The van der Waals surface area contributed by atoms with Crippen molar-refractivity contribution in [2.75, 3.05) is 0 Å². The van der Waals surface area contributed by atoms with Gasteiger partial charge in [0.05, 0.1) is 5.60 Å². The highest BCUT2D eigenvalue weighted by Crippen LogP contribution is 2.38. The normalized spacial score (nSPS) is 27.8. The summed E-state index contributed by atoms with van der Waals surface area (Å²) in [5, 5.41) is 10.6. The first-order chi connectivity index (χ1) is 8.89. The van der Waals surface area contributed by atoms with Crippen LogP contribution in [0.2, 0.25) is 0 Å². The fourth-order valence-electron chi connectivity index (χ4n) is 3.04. The Morgan fingerprint density at radius 1 is 1.37 bits per heavy atom. The molecule has 0 spiro atoms. The zero-order valence-electron chi connectivity index (χ0n) is 11.6. The Labute approximate surface area is 123 Å². The van der Waals surface area contributed by atoms with Crippen molar-refractivity contribution >= 4 is 15.9 Å². The van der Waals surface area contributed by atoms with Gasteiger partial charge >= 0.3 is 0 Å². The molecule has 0 bridgehead atoms. The van der Waals surface area contributed by atoms with Crippen molar-refractivity contribution in [3.05, 3.63) is 34.1 Å².